The zero-order valence-corrected chi connectivity index (χ0v) is 13.4. The highest BCUT2D eigenvalue weighted by molar-refractivity contribution is 7.10. The van der Waals surface area contributed by atoms with Crippen LogP contribution >= 0.6 is 11.3 Å². The summed E-state index contributed by atoms with van der Waals surface area (Å²) >= 11 is 1.39. The molecule has 3 nitrogen and oxygen atoms in total. The summed E-state index contributed by atoms with van der Waals surface area (Å²) in [6.45, 7) is 1.65. The second-order valence-corrected chi connectivity index (χ2v) is 6.47. The van der Waals surface area contributed by atoms with Crippen LogP contribution in [0.25, 0.3) is 0 Å². The Kier molecular flexibility index (Phi) is 6.15. The molecule has 7 heteroatoms. The van der Waals surface area contributed by atoms with Gasteiger partial charge in [-0.25, -0.2) is 0 Å². The molecule has 2 N–H and O–H groups in total. The number of nitrogens with zero attached hydrogens (tertiary/aromatic N) is 1. The lowest BCUT2D eigenvalue weighted by Gasteiger charge is -2.26. The third-order valence-corrected chi connectivity index (χ3v) is 4.49. The summed E-state index contributed by atoms with van der Waals surface area (Å²) < 4.78 is 39.7. The fourth-order valence-electron chi connectivity index (χ4n) is 2.37. The van der Waals surface area contributed by atoms with E-state index in [4.69, 9.17) is 0 Å². The van der Waals surface area contributed by atoms with Gasteiger partial charge in [-0.2, -0.15) is 13.2 Å². The van der Waals surface area contributed by atoms with Gasteiger partial charge in [0.1, 0.15) is 6.04 Å². The largest absolute Gasteiger partial charge is 0.404 e. The van der Waals surface area contributed by atoms with Crippen molar-refractivity contribution < 1.29 is 18.3 Å². The van der Waals surface area contributed by atoms with Gasteiger partial charge < -0.3 is 10.4 Å². The van der Waals surface area contributed by atoms with Crippen LogP contribution in [0.4, 0.5) is 13.2 Å². The van der Waals surface area contributed by atoms with E-state index >= 15 is 0 Å². The van der Waals surface area contributed by atoms with Crippen molar-refractivity contribution in [2.24, 2.45) is 0 Å². The van der Waals surface area contributed by atoms with Gasteiger partial charge in [0.05, 0.1) is 6.10 Å². The van der Waals surface area contributed by atoms with Gasteiger partial charge >= 0.3 is 6.18 Å². The quantitative estimate of drug-likeness (QED) is 0.805. The van der Waals surface area contributed by atoms with Crippen LogP contribution in [-0.4, -0.2) is 28.4 Å². The van der Waals surface area contributed by atoms with E-state index in [1.807, 2.05) is 11.4 Å². The number of hydrogen-bond donors (Lipinski definition) is 2. The highest BCUT2D eigenvalue weighted by Crippen LogP contribution is 2.26. The molecule has 0 aliphatic heterocycles. The van der Waals surface area contributed by atoms with Crippen LogP contribution in [0, 0.1) is 0 Å². The molecule has 0 saturated heterocycles. The lowest BCUT2D eigenvalue weighted by Crippen LogP contribution is -2.48. The number of nitrogens with one attached hydrogen (secondary N) is 1. The Hall–Kier alpha value is -1.44. The number of aliphatic hydroxyl groups excluding tert-OH is 1. The van der Waals surface area contributed by atoms with Crippen LogP contribution in [0.5, 0.6) is 0 Å². The fourth-order valence-corrected chi connectivity index (χ4v) is 3.09. The first-order valence-corrected chi connectivity index (χ1v) is 8.17. The van der Waals surface area contributed by atoms with Crippen molar-refractivity contribution in [3.05, 3.63) is 52.5 Å². The molecule has 0 radical (unpaired) electrons. The van der Waals surface area contributed by atoms with Crippen LogP contribution < -0.4 is 5.32 Å². The number of aliphatic hydroxyl groups is 1. The molecule has 0 bridgehead atoms. The molecule has 126 valence electrons. The average Bonchev–Trinajstić information content (AvgIpc) is 3.01. The molecular weight excluding hydrogens is 325 g/mol. The van der Waals surface area contributed by atoms with Gasteiger partial charge in [-0.05, 0) is 48.9 Å². The van der Waals surface area contributed by atoms with Crippen molar-refractivity contribution in [3.63, 3.8) is 0 Å². The van der Waals surface area contributed by atoms with Crippen molar-refractivity contribution >= 4 is 11.3 Å². The number of rotatable bonds is 7. The molecule has 2 rings (SSSR count). The summed E-state index contributed by atoms with van der Waals surface area (Å²) in [6.07, 6.45) is -2.09. The highest BCUT2D eigenvalue weighted by atomic mass is 32.1. The first-order chi connectivity index (χ1) is 10.9. The third-order valence-electron chi connectivity index (χ3n) is 3.52. The maximum atomic E-state index is 13.2. The van der Waals surface area contributed by atoms with Gasteiger partial charge in [-0.3, -0.25) is 4.98 Å². The second kappa shape index (κ2) is 7.90. The minimum atomic E-state index is -4.36. The van der Waals surface area contributed by atoms with Crippen LogP contribution in [0.1, 0.15) is 29.9 Å². The molecule has 0 aliphatic rings. The predicted molar refractivity (Wildman–Crippen MR) is 84.3 cm³/mol. The smallest absolute Gasteiger partial charge is 0.388 e. The molecule has 0 spiro atoms. The molecule has 0 saturated carbocycles. The Morgan fingerprint density at radius 2 is 1.96 bits per heavy atom. The van der Waals surface area contributed by atoms with Gasteiger partial charge in [0.2, 0.25) is 0 Å². The van der Waals surface area contributed by atoms with E-state index < -0.39 is 24.4 Å². The molecule has 0 fully saturated rings. The lowest BCUT2D eigenvalue weighted by molar-refractivity contribution is -0.157. The van der Waals surface area contributed by atoms with E-state index in [0.717, 1.165) is 4.88 Å². The number of hydrogen-bond acceptors (Lipinski definition) is 4. The van der Waals surface area contributed by atoms with Crippen LogP contribution in [-0.2, 0) is 6.42 Å². The van der Waals surface area contributed by atoms with Gasteiger partial charge in [0, 0.05) is 23.3 Å². The molecule has 2 heterocycles. The average molecular weight is 344 g/mol. The number of alkyl halides is 3. The SMILES string of the molecule is CC(CC(O)c1cccs1)NC(Cc1ccncc1)C(F)(F)F. The number of halogens is 3. The van der Waals surface area contributed by atoms with Gasteiger partial charge in [0.25, 0.3) is 0 Å². The van der Waals surface area contributed by atoms with Crippen molar-refractivity contribution in [3.8, 4) is 0 Å². The van der Waals surface area contributed by atoms with E-state index in [9.17, 15) is 18.3 Å². The lowest BCUT2D eigenvalue weighted by atomic mass is 10.0. The Bertz CT molecular complexity index is 575. The molecule has 23 heavy (non-hydrogen) atoms. The summed E-state index contributed by atoms with van der Waals surface area (Å²) in [6, 6.07) is 4.61. The summed E-state index contributed by atoms with van der Waals surface area (Å²) in [7, 11) is 0. The zero-order chi connectivity index (χ0) is 16.9. The number of pyridine rings is 1. The first kappa shape index (κ1) is 17.9. The van der Waals surface area contributed by atoms with Crippen molar-refractivity contribution in [1.29, 1.82) is 0 Å². The number of thiophene rings is 1. The summed E-state index contributed by atoms with van der Waals surface area (Å²) in [5, 5.41) is 14.5. The topological polar surface area (TPSA) is 45.1 Å². The second-order valence-electron chi connectivity index (χ2n) is 5.49. The molecule has 3 atom stereocenters. The summed E-state index contributed by atoms with van der Waals surface area (Å²) in [4.78, 5) is 4.57. The minimum Gasteiger partial charge on any atom is -0.388 e. The van der Waals surface area contributed by atoms with Crippen molar-refractivity contribution in [2.45, 2.75) is 44.1 Å². The Morgan fingerprint density at radius 3 is 2.52 bits per heavy atom. The van der Waals surface area contributed by atoms with E-state index in [2.05, 4.69) is 10.3 Å². The number of aromatic nitrogens is 1. The highest BCUT2D eigenvalue weighted by Gasteiger charge is 2.40. The third kappa shape index (κ3) is 5.60. The van der Waals surface area contributed by atoms with Gasteiger partial charge in [-0.15, -0.1) is 11.3 Å². The molecule has 0 aliphatic carbocycles. The fraction of sp³-hybridized carbons (Fsp3) is 0.438. The molecule has 0 aromatic carbocycles. The maximum absolute atomic E-state index is 13.2. The van der Waals surface area contributed by atoms with Crippen LogP contribution in [0.2, 0.25) is 0 Å². The predicted octanol–water partition coefficient (Wildman–Crippen LogP) is 3.72. The molecule has 3 unspecified atom stereocenters. The molecular formula is C16H19F3N2OS. The first-order valence-electron chi connectivity index (χ1n) is 7.29. The Balaban J connectivity index is 1.97. The normalized spacial score (nSPS) is 16.0. The van der Waals surface area contributed by atoms with Crippen molar-refractivity contribution in [1.82, 2.24) is 10.3 Å². The molecule has 2 aromatic rings. The van der Waals surface area contributed by atoms with Crippen molar-refractivity contribution in [2.75, 3.05) is 0 Å². The maximum Gasteiger partial charge on any atom is 0.404 e. The van der Waals surface area contributed by atoms with E-state index in [1.54, 1.807) is 25.1 Å². The van der Waals surface area contributed by atoms with Gasteiger partial charge in [0.15, 0.2) is 0 Å². The van der Waals surface area contributed by atoms with E-state index in [1.165, 1.54) is 23.7 Å². The Labute approximate surface area is 137 Å². The Morgan fingerprint density at radius 1 is 1.26 bits per heavy atom. The van der Waals surface area contributed by atoms with E-state index in [-0.39, 0.29) is 12.8 Å². The minimum absolute atomic E-state index is 0.161. The zero-order valence-electron chi connectivity index (χ0n) is 12.6. The van der Waals surface area contributed by atoms with E-state index in [0.29, 0.717) is 5.56 Å². The molecule has 0 amide bonds. The molecule has 2 aromatic heterocycles. The van der Waals surface area contributed by atoms with Crippen LogP contribution in [0.15, 0.2) is 42.0 Å². The summed E-state index contributed by atoms with van der Waals surface area (Å²) in [5.41, 5.74) is 0.570. The van der Waals surface area contributed by atoms with Gasteiger partial charge in [-0.1, -0.05) is 6.07 Å². The monoisotopic (exact) mass is 344 g/mol. The van der Waals surface area contributed by atoms with Crippen LogP contribution in [0.3, 0.4) is 0 Å². The standard InChI is InChI=1S/C16H19F3N2OS/c1-11(9-13(22)14-3-2-8-23-14)21-15(16(17,18)19)10-12-4-6-20-7-5-12/h2-8,11,13,15,21-22H,9-10H2,1H3. The summed E-state index contributed by atoms with van der Waals surface area (Å²) in [5.74, 6) is 0.